The summed E-state index contributed by atoms with van der Waals surface area (Å²) in [6.07, 6.45) is 2.91. The van der Waals surface area contributed by atoms with Gasteiger partial charge in [-0.15, -0.1) is 0 Å². The lowest BCUT2D eigenvalue weighted by Crippen LogP contribution is -2.35. The first kappa shape index (κ1) is 20.9. The Bertz CT molecular complexity index is 444. The van der Waals surface area contributed by atoms with Gasteiger partial charge in [-0.2, -0.15) is 8.42 Å². The van der Waals surface area contributed by atoms with Gasteiger partial charge in [-0.05, 0) is 19.3 Å². The Kier molecular flexibility index (Phi) is 10.0. The summed E-state index contributed by atoms with van der Waals surface area (Å²) in [6.45, 7) is 5.68. The standard InChI is InChI=1S/C14H26O7S/c1-4-7-8-11(5-2)10-21-14(16)12(22(17,18)19)9-13(15)20-6-3/h11-12H,4-10H2,1-3H3,(H,17,18,19). The van der Waals surface area contributed by atoms with Crippen LogP contribution in [-0.2, 0) is 29.2 Å². The molecule has 0 aromatic rings. The van der Waals surface area contributed by atoms with Crippen LogP contribution in [0.15, 0.2) is 0 Å². The average Bonchev–Trinajstić information content (AvgIpc) is 2.44. The molecule has 0 fully saturated rings. The van der Waals surface area contributed by atoms with Gasteiger partial charge in [0.05, 0.1) is 19.6 Å². The Morgan fingerprint density at radius 1 is 1.14 bits per heavy atom. The van der Waals surface area contributed by atoms with Crippen molar-refractivity contribution >= 4 is 22.1 Å². The number of carbonyl (C=O) groups is 2. The van der Waals surface area contributed by atoms with Crippen LogP contribution in [0.25, 0.3) is 0 Å². The first-order valence-electron chi connectivity index (χ1n) is 7.54. The molecule has 0 heterocycles. The molecule has 0 bridgehead atoms. The fourth-order valence-electron chi connectivity index (χ4n) is 1.87. The van der Waals surface area contributed by atoms with Gasteiger partial charge >= 0.3 is 11.9 Å². The summed E-state index contributed by atoms with van der Waals surface area (Å²) in [7, 11) is -4.72. The molecule has 2 atom stereocenters. The molecule has 0 saturated heterocycles. The number of carbonyl (C=O) groups excluding carboxylic acids is 2. The maximum Gasteiger partial charge on any atom is 0.327 e. The molecule has 0 aromatic heterocycles. The quantitative estimate of drug-likeness (QED) is 0.453. The molecule has 1 N–H and O–H groups in total. The van der Waals surface area contributed by atoms with Crippen molar-refractivity contribution in [1.29, 1.82) is 0 Å². The van der Waals surface area contributed by atoms with Crippen LogP contribution in [0, 0.1) is 5.92 Å². The summed E-state index contributed by atoms with van der Waals surface area (Å²) in [5.74, 6) is -1.86. The van der Waals surface area contributed by atoms with Crippen molar-refractivity contribution in [2.45, 2.75) is 58.1 Å². The SMILES string of the molecule is CCCCC(CC)COC(=O)C(CC(=O)OCC)S(=O)(=O)O. The molecule has 8 heteroatoms. The van der Waals surface area contributed by atoms with E-state index in [9.17, 15) is 18.0 Å². The van der Waals surface area contributed by atoms with Crippen molar-refractivity contribution in [3.05, 3.63) is 0 Å². The van der Waals surface area contributed by atoms with E-state index in [1.54, 1.807) is 6.92 Å². The van der Waals surface area contributed by atoms with Gasteiger partial charge in [-0.3, -0.25) is 14.1 Å². The highest BCUT2D eigenvalue weighted by Gasteiger charge is 2.35. The van der Waals surface area contributed by atoms with E-state index in [1.165, 1.54) is 0 Å². The third-order valence-electron chi connectivity index (χ3n) is 3.28. The number of rotatable bonds is 11. The number of esters is 2. The predicted octanol–water partition coefficient (Wildman–Crippen LogP) is 1.96. The monoisotopic (exact) mass is 338 g/mol. The summed E-state index contributed by atoms with van der Waals surface area (Å²) in [5, 5.41) is -1.93. The highest BCUT2D eigenvalue weighted by molar-refractivity contribution is 7.87. The molecule has 0 aliphatic heterocycles. The fourth-order valence-corrected chi connectivity index (χ4v) is 2.53. The van der Waals surface area contributed by atoms with E-state index < -0.39 is 33.7 Å². The van der Waals surface area contributed by atoms with E-state index in [1.807, 2.05) is 13.8 Å². The van der Waals surface area contributed by atoms with Crippen LogP contribution in [-0.4, -0.2) is 43.4 Å². The van der Waals surface area contributed by atoms with Crippen molar-refractivity contribution in [2.24, 2.45) is 5.92 Å². The summed E-state index contributed by atoms with van der Waals surface area (Å²) in [6, 6.07) is 0. The number of hydrogen-bond acceptors (Lipinski definition) is 6. The topological polar surface area (TPSA) is 107 Å². The van der Waals surface area contributed by atoms with Gasteiger partial charge in [0.1, 0.15) is 0 Å². The van der Waals surface area contributed by atoms with Crippen molar-refractivity contribution in [1.82, 2.24) is 0 Å². The molecule has 0 spiro atoms. The van der Waals surface area contributed by atoms with Gasteiger partial charge in [0.2, 0.25) is 0 Å². The molecule has 22 heavy (non-hydrogen) atoms. The fraction of sp³-hybridized carbons (Fsp3) is 0.857. The first-order chi connectivity index (χ1) is 10.3. The van der Waals surface area contributed by atoms with Gasteiger partial charge < -0.3 is 9.47 Å². The molecule has 2 unspecified atom stereocenters. The van der Waals surface area contributed by atoms with E-state index in [0.717, 1.165) is 25.7 Å². The lowest BCUT2D eigenvalue weighted by atomic mass is 10.0. The normalized spacial score (nSPS) is 14.2. The zero-order chi connectivity index (χ0) is 17.2. The van der Waals surface area contributed by atoms with Gasteiger partial charge in [0.15, 0.2) is 5.25 Å². The molecule has 0 radical (unpaired) electrons. The molecule has 7 nitrogen and oxygen atoms in total. The van der Waals surface area contributed by atoms with Crippen LogP contribution in [0.1, 0.15) is 52.9 Å². The molecule has 0 aliphatic carbocycles. The predicted molar refractivity (Wildman–Crippen MR) is 80.9 cm³/mol. The van der Waals surface area contributed by atoms with Crippen molar-refractivity contribution in [2.75, 3.05) is 13.2 Å². The van der Waals surface area contributed by atoms with Crippen LogP contribution >= 0.6 is 0 Å². The van der Waals surface area contributed by atoms with Crippen LogP contribution in [0.2, 0.25) is 0 Å². The lowest BCUT2D eigenvalue weighted by molar-refractivity contribution is -0.150. The molecule has 0 aliphatic rings. The van der Waals surface area contributed by atoms with Gasteiger partial charge in [0.25, 0.3) is 10.1 Å². The van der Waals surface area contributed by atoms with Crippen LogP contribution in [0.5, 0.6) is 0 Å². The van der Waals surface area contributed by atoms with E-state index in [-0.39, 0.29) is 19.1 Å². The second kappa shape index (κ2) is 10.6. The third kappa shape index (κ3) is 8.33. The Morgan fingerprint density at radius 2 is 1.77 bits per heavy atom. The largest absolute Gasteiger partial charge is 0.466 e. The third-order valence-corrected chi connectivity index (χ3v) is 4.36. The second-order valence-corrected chi connectivity index (χ2v) is 6.66. The maximum atomic E-state index is 11.9. The summed E-state index contributed by atoms with van der Waals surface area (Å²) in [5.41, 5.74) is 0. The van der Waals surface area contributed by atoms with Crippen LogP contribution < -0.4 is 0 Å². The zero-order valence-electron chi connectivity index (χ0n) is 13.4. The van der Waals surface area contributed by atoms with Crippen molar-refractivity contribution in [3.63, 3.8) is 0 Å². The molecular formula is C14H26O7S. The number of ether oxygens (including phenoxy) is 2. The Labute approximate surface area is 132 Å². The minimum atomic E-state index is -4.72. The molecule has 0 aromatic carbocycles. The average molecular weight is 338 g/mol. The Morgan fingerprint density at radius 3 is 2.23 bits per heavy atom. The second-order valence-electron chi connectivity index (χ2n) is 5.06. The minimum absolute atomic E-state index is 0.0566. The van der Waals surface area contributed by atoms with Gasteiger partial charge in [-0.25, -0.2) is 0 Å². The molecular weight excluding hydrogens is 312 g/mol. The minimum Gasteiger partial charge on any atom is -0.466 e. The van der Waals surface area contributed by atoms with Gasteiger partial charge in [-0.1, -0.05) is 33.1 Å². The maximum absolute atomic E-state index is 11.9. The van der Waals surface area contributed by atoms with Crippen LogP contribution in [0.3, 0.4) is 0 Å². The first-order valence-corrected chi connectivity index (χ1v) is 9.05. The van der Waals surface area contributed by atoms with E-state index in [2.05, 4.69) is 4.74 Å². The molecule has 0 amide bonds. The van der Waals surface area contributed by atoms with Crippen molar-refractivity contribution < 1.29 is 32.0 Å². The summed E-state index contributed by atoms with van der Waals surface area (Å²) >= 11 is 0. The lowest BCUT2D eigenvalue weighted by Gasteiger charge is -2.17. The van der Waals surface area contributed by atoms with Crippen LogP contribution in [0.4, 0.5) is 0 Å². The molecule has 0 saturated carbocycles. The molecule has 0 rings (SSSR count). The van der Waals surface area contributed by atoms with E-state index >= 15 is 0 Å². The highest BCUT2D eigenvalue weighted by atomic mass is 32.2. The number of hydrogen-bond donors (Lipinski definition) is 1. The summed E-state index contributed by atoms with van der Waals surface area (Å²) < 4.78 is 41.2. The number of unbranched alkanes of at least 4 members (excludes halogenated alkanes) is 1. The zero-order valence-corrected chi connectivity index (χ0v) is 14.2. The highest BCUT2D eigenvalue weighted by Crippen LogP contribution is 2.15. The molecule has 130 valence electrons. The Hall–Kier alpha value is -1.15. The smallest absolute Gasteiger partial charge is 0.327 e. The van der Waals surface area contributed by atoms with E-state index in [0.29, 0.717) is 0 Å². The van der Waals surface area contributed by atoms with Crippen molar-refractivity contribution in [3.8, 4) is 0 Å². The van der Waals surface area contributed by atoms with E-state index in [4.69, 9.17) is 9.29 Å². The van der Waals surface area contributed by atoms with Gasteiger partial charge in [0, 0.05) is 0 Å². The Balaban J connectivity index is 4.67. The summed E-state index contributed by atoms with van der Waals surface area (Å²) in [4.78, 5) is 23.2.